The van der Waals surface area contributed by atoms with Crippen LogP contribution in [0, 0.1) is 0 Å². The van der Waals surface area contributed by atoms with Crippen molar-refractivity contribution >= 4 is 0 Å². The molecule has 1 atom stereocenters. The van der Waals surface area contributed by atoms with Crippen LogP contribution in [0.15, 0.2) is 25.3 Å². The molecule has 0 saturated heterocycles. The van der Waals surface area contributed by atoms with Crippen molar-refractivity contribution in [2.24, 2.45) is 0 Å². The van der Waals surface area contributed by atoms with Crippen molar-refractivity contribution in [3.63, 3.8) is 0 Å². The van der Waals surface area contributed by atoms with Crippen molar-refractivity contribution in [2.45, 2.75) is 83.6 Å². The van der Waals surface area contributed by atoms with Crippen molar-refractivity contribution in [1.82, 2.24) is 4.90 Å². The van der Waals surface area contributed by atoms with Crippen LogP contribution >= 0.6 is 0 Å². The molecule has 20 heavy (non-hydrogen) atoms. The molecule has 1 nitrogen and oxygen atoms in total. The van der Waals surface area contributed by atoms with Crippen LogP contribution in [0.5, 0.6) is 0 Å². The van der Waals surface area contributed by atoms with Gasteiger partial charge >= 0.3 is 0 Å². The predicted molar refractivity (Wildman–Crippen MR) is 93.3 cm³/mol. The molecular formula is C19H37N. The highest BCUT2D eigenvalue weighted by Gasteiger charge is 2.11. The van der Waals surface area contributed by atoms with Crippen LogP contribution in [0.1, 0.15) is 77.6 Å². The fourth-order valence-corrected chi connectivity index (χ4v) is 2.75. The zero-order chi connectivity index (χ0) is 15.1. The molecule has 0 aliphatic rings. The minimum absolute atomic E-state index is 0.648. The second-order valence-corrected chi connectivity index (χ2v) is 6.02. The van der Waals surface area contributed by atoms with E-state index in [1.807, 2.05) is 6.08 Å². The molecule has 0 aliphatic heterocycles. The average molecular weight is 280 g/mol. The van der Waals surface area contributed by atoms with Gasteiger partial charge in [0.05, 0.1) is 0 Å². The average Bonchev–Trinajstić information content (AvgIpc) is 2.44. The second kappa shape index (κ2) is 14.8. The molecule has 0 spiro atoms. The first-order chi connectivity index (χ1) is 9.76. The number of hydrogen-bond acceptors (Lipinski definition) is 1. The fraction of sp³-hybridized carbons (Fsp3) is 0.789. The normalized spacial score (nSPS) is 12.6. The first-order valence-corrected chi connectivity index (χ1v) is 8.68. The molecule has 0 aromatic carbocycles. The van der Waals surface area contributed by atoms with Crippen molar-refractivity contribution in [3.05, 3.63) is 25.3 Å². The summed E-state index contributed by atoms with van der Waals surface area (Å²) < 4.78 is 0. The molecule has 0 radical (unpaired) electrons. The number of rotatable bonds is 15. The van der Waals surface area contributed by atoms with Gasteiger partial charge in [0.2, 0.25) is 0 Å². The number of likely N-dealkylation sites (N-methyl/N-ethyl adjacent to an activating group) is 1. The molecule has 0 aliphatic carbocycles. The van der Waals surface area contributed by atoms with E-state index in [1.54, 1.807) is 0 Å². The highest BCUT2D eigenvalue weighted by molar-refractivity contribution is 4.82. The van der Waals surface area contributed by atoms with Gasteiger partial charge < -0.3 is 0 Å². The summed E-state index contributed by atoms with van der Waals surface area (Å²) in [5.41, 5.74) is 0. The number of hydrogen-bond donors (Lipinski definition) is 0. The monoisotopic (exact) mass is 279 g/mol. The van der Waals surface area contributed by atoms with Gasteiger partial charge in [-0.25, -0.2) is 0 Å². The Morgan fingerprint density at radius 2 is 1.40 bits per heavy atom. The second-order valence-electron chi connectivity index (χ2n) is 6.02. The van der Waals surface area contributed by atoms with Crippen molar-refractivity contribution in [2.75, 3.05) is 13.6 Å². The lowest BCUT2D eigenvalue weighted by Crippen LogP contribution is -2.31. The van der Waals surface area contributed by atoms with Crippen LogP contribution in [0.25, 0.3) is 0 Å². The van der Waals surface area contributed by atoms with Gasteiger partial charge in [0.1, 0.15) is 0 Å². The summed E-state index contributed by atoms with van der Waals surface area (Å²) >= 11 is 0. The summed E-state index contributed by atoms with van der Waals surface area (Å²) in [5, 5.41) is 0. The van der Waals surface area contributed by atoms with Crippen LogP contribution < -0.4 is 0 Å². The Morgan fingerprint density at radius 3 is 1.90 bits per heavy atom. The summed E-state index contributed by atoms with van der Waals surface area (Å²) in [6.45, 7) is 11.0. The summed E-state index contributed by atoms with van der Waals surface area (Å²) in [6, 6.07) is 0.648. The quantitative estimate of drug-likeness (QED) is 0.264. The molecule has 0 fully saturated rings. The summed E-state index contributed by atoms with van der Waals surface area (Å²) in [5.74, 6) is 0. The molecule has 0 N–H and O–H groups in total. The van der Waals surface area contributed by atoms with E-state index in [0.29, 0.717) is 6.04 Å². The van der Waals surface area contributed by atoms with Gasteiger partial charge in [0.25, 0.3) is 0 Å². The first kappa shape index (κ1) is 19.4. The standard InChI is InChI=1S/C19H37N/c1-5-8-9-10-11-12-13-14-15-17-19(16-6-2)20(4)18-7-3/h6-7,19H,2-3,5,8-18H2,1,4H3. The van der Waals surface area contributed by atoms with Gasteiger partial charge in [-0.05, 0) is 19.9 Å². The first-order valence-electron chi connectivity index (χ1n) is 8.68. The Balaban J connectivity index is 3.53. The van der Waals surface area contributed by atoms with E-state index < -0.39 is 0 Å². The molecule has 0 aromatic rings. The molecule has 0 aromatic heterocycles. The van der Waals surface area contributed by atoms with Crippen LogP contribution in [-0.2, 0) is 0 Å². The molecule has 1 heteroatoms. The van der Waals surface area contributed by atoms with Gasteiger partial charge in [-0.2, -0.15) is 0 Å². The lowest BCUT2D eigenvalue weighted by Gasteiger charge is -2.26. The summed E-state index contributed by atoms with van der Waals surface area (Å²) in [6.07, 6.45) is 19.1. The maximum Gasteiger partial charge on any atom is 0.0160 e. The van der Waals surface area contributed by atoms with Gasteiger partial charge in [-0.1, -0.05) is 76.9 Å². The Labute approximate surface area is 128 Å². The smallest absolute Gasteiger partial charge is 0.0160 e. The molecule has 0 heterocycles. The Morgan fingerprint density at radius 1 is 0.850 bits per heavy atom. The van der Waals surface area contributed by atoms with Crippen LogP contribution in [0.2, 0.25) is 0 Å². The topological polar surface area (TPSA) is 3.24 Å². The van der Waals surface area contributed by atoms with Crippen molar-refractivity contribution in [1.29, 1.82) is 0 Å². The summed E-state index contributed by atoms with van der Waals surface area (Å²) in [4.78, 5) is 2.40. The van der Waals surface area contributed by atoms with E-state index in [-0.39, 0.29) is 0 Å². The third-order valence-corrected chi connectivity index (χ3v) is 4.12. The maximum atomic E-state index is 3.88. The van der Waals surface area contributed by atoms with Crippen molar-refractivity contribution < 1.29 is 0 Å². The fourth-order valence-electron chi connectivity index (χ4n) is 2.75. The molecule has 118 valence electrons. The third-order valence-electron chi connectivity index (χ3n) is 4.12. The summed E-state index contributed by atoms with van der Waals surface area (Å²) in [7, 11) is 2.20. The largest absolute Gasteiger partial charge is 0.299 e. The molecule has 0 bridgehead atoms. The van der Waals surface area contributed by atoms with E-state index in [1.165, 1.54) is 64.2 Å². The van der Waals surface area contributed by atoms with E-state index in [2.05, 4.69) is 38.1 Å². The number of unbranched alkanes of at least 4 members (excludes halogenated alkanes) is 8. The zero-order valence-corrected chi connectivity index (χ0v) is 14.1. The van der Waals surface area contributed by atoms with E-state index in [9.17, 15) is 0 Å². The van der Waals surface area contributed by atoms with E-state index in [4.69, 9.17) is 0 Å². The van der Waals surface area contributed by atoms with Crippen molar-refractivity contribution in [3.8, 4) is 0 Å². The van der Waals surface area contributed by atoms with Gasteiger partial charge in [0, 0.05) is 12.6 Å². The van der Waals surface area contributed by atoms with Gasteiger partial charge in [-0.3, -0.25) is 4.90 Å². The third kappa shape index (κ3) is 11.3. The molecular weight excluding hydrogens is 242 g/mol. The maximum absolute atomic E-state index is 3.88. The molecule has 0 saturated carbocycles. The van der Waals surface area contributed by atoms with Gasteiger partial charge in [0.15, 0.2) is 0 Å². The lowest BCUT2D eigenvalue weighted by atomic mass is 10.0. The predicted octanol–water partition coefficient (Wildman–Crippen LogP) is 5.97. The zero-order valence-electron chi connectivity index (χ0n) is 14.1. The molecule has 0 amide bonds. The van der Waals surface area contributed by atoms with Crippen LogP contribution in [0.4, 0.5) is 0 Å². The molecule has 0 rings (SSSR count). The Hall–Kier alpha value is -0.560. The lowest BCUT2D eigenvalue weighted by molar-refractivity contribution is 0.248. The number of nitrogens with zero attached hydrogens (tertiary/aromatic N) is 1. The Kier molecular flexibility index (Phi) is 14.4. The van der Waals surface area contributed by atoms with Crippen LogP contribution in [0.3, 0.4) is 0 Å². The van der Waals surface area contributed by atoms with E-state index >= 15 is 0 Å². The van der Waals surface area contributed by atoms with Crippen LogP contribution in [-0.4, -0.2) is 24.5 Å². The highest BCUT2D eigenvalue weighted by atomic mass is 15.1. The highest BCUT2D eigenvalue weighted by Crippen LogP contribution is 2.15. The Bertz CT molecular complexity index is 222. The molecule has 1 unspecified atom stereocenters. The van der Waals surface area contributed by atoms with Gasteiger partial charge in [-0.15, -0.1) is 13.2 Å². The van der Waals surface area contributed by atoms with E-state index in [0.717, 1.165) is 13.0 Å². The minimum Gasteiger partial charge on any atom is -0.299 e. The SMILES string of the molecule is C=CCC(CCCCCCCCCCC)N(C)CC=C. The minimum atomic E-state index is 0.648.